The Hall–Kier alpha value is -1.35. The lowest BCUT2D eigenvalue weighted by atomic mass is 10.2. The van der Waals surface area contributed by atoms with Crippen LogP contribution in [0, 0.1) is 5.82 Å². The largest absolute Gasteiger partial charge is 0.490 e. The van der Waals surface area contributed by atoms with Gasteiger partial charge >= 0.3 is 0 Å². The lowest BCUT2D eigenvalue weighted by Crippen LogP contribution is -2.13. The normalized spacial score (nSPS) is 10.2. The summed E-state index contributed by atoms with van der Waals surface area (Å²) in [6.07, 6.45) is 3.58. The molecule has 0 radical (unpaired) electrons. The zero-order valence-corrected chi connectivity index (χ0v) is 10.3. The van der Waals surface area contributed by atoms with Crippen LogP contribution in [0.2, 0.25) is 0 Å². The van der Waals surface area contributed by atoms with Crippen molar-refractivity contribution in [2.75, 3.05) is 13.2 Å². The molecule has 0 atom stereocenters. The number of halogens is 1. The van der Waals surface area contributed by atoms with Crippen LogP contribution in [0.4, 0.5) is 4.39 Å². The molecule has 1 rings (SSSR count). The van der Waals surface area contributed by atoms with E-state index in [1.54, 1.807) is 6.07 Å². The summed E-state index contributed by atoms with van der Waals surface area (Å²) in [4.78, 5) is 0. The number of hydrogen-bond acceptors (Lipinski definition) is 2. The Morgan fingerprint density at radius 1 is 1.47 bits per heavy atom. The summed E-state index contributed by atoms with van der Waals surface area (Å²) in [6.45, 7) is 7.66. The Kier molecular flexibility index (Phi) is 6.33. The third kappa shape index (κ3) is 4.57. The van der Waals surface area contributed by atoms with Crippen LogP contribution < -0.4 is 10.1 Å². The molecule has 0 aliphatic heterocycles. The Balaban J connectivity index is 2.62. The standard InChI is InChI=1S/C14H20FNO/c1-3-5-6-10-17-14-12(11-16-4-2)8-7-9-13(14)15/h3,7-9,16H,1,4-6,10-11H2,2H3. The molecule has 0 saturated heterocycles. The van der Waals surface area contributed by atoms with E-state index in [2.05, 4.69) is 11.9 Å². The second-order valence-corrected chi connectivity index (χ2v) is 3.79. The van der Waals surface area contributed by atoms with Crippen molar-refractivity contribution >= 4 is 0 Å². The predicted molar refractivity (Wildman–Crippen MR) is 68.7 cm³/mol. The minimum absolute atomic E-state index is 0.293. The van der Waals surface area contributed by atoms with E-state index in [4.69, 9.17) is 4.74 Å². The van der Waals surface area contributed by atoms with Crippen molar-refractivity contribution in [3.63, 3.8) is 0 Å². The topological polar surface area (TPSA) is 21.3 Å². The van der Waals surface area contributed by atoms with Crippen LogP contribution in [-0.4, -0.2) is 13.2 Å². The summed E-state index contributed by atoms with van der Waals surface area (Å²) >= 11 is 0. The number of para-hydroxylation sites is 1. The molecule has 0 unspecified atom stereocenters. The molecule has 0 fully saturated rings. The summed E-state index contributed by atoms with van der Waals surface area (Å²) in [5, 5.41) is 3.17. The number of ether oxygens (including phenoxy) is 1. The summed E-state index contributed by atoms with van der Waals surface area (Å²) in [5.41, 5.74) is 0.866. The fraction of sp³-hybridized carbons (Fsp3) is 0.429. The Bertz CT molecular complexity index is 352. The van der Waals surface area contributed by atoms with E-state index in [0.717, 1.165) is 24.9 Å². The maximum Gasteiger partial charge on any atom is 0.165 e. The van der Waals surface area contributed by atoms with E-state index in [1.165, 1.54) is 6.07 Å². The first kappa shape index (κ1) is 13.7. The van der Waals surface area contributed by atoms with Crippen LogP contribution in [0.1, 0.15) is 25.3 Å². The third-order valence-electron chi connectivity index (χ3n) is 2.41. The van der Waals surface area contributed by atoms with Gasteiger partial charge < -0.3 is 10.1 Å². The summed E-state index contributed by atoms with van der Waals surface area (Å²) in [5.74, 6) is 0.0801. The highest BCUT2D eigenvalue weighted by Gasteiger charge is 2.08. The van der Waals surface area contributed by atoms with Crippen molar-refractivity contribution in [2.24, 2.45) is 0 Å². The van der Waals surface area contributed by atoms with Crippen LogP contribution in [0.3, 0.4) is 0 Å². The summed E-state index contributed by atoms with van der Waals surface area (Å²) in [6, 6.07) is 5.02. The molecule has 1 aromatic rings. The van der Waals surface area contributed by atoms with E-state index in [0.29, 0.717) is 18.9 Å². The van der Waals surface area contributed by atoms with Gasteiger partial charge in [-0.3, -0.25) is 0 Å². The van der Waals surface area contributed by atoms with Gasteiger partial charge in [-0.15, -0.1) is 6.58 Å². The van der Waals surface area contributed by atoms with E-state index in [1.807, 2.05) is 19.1 Å². The summed E-state index contributed by atoms with van der Waals surface area (Å²) < 4.78 is 19.1. The van der Waals surface area contributed by atoms with Gasteiger partial charge in [-0.25, -0.2) is 4.39 Å². The second-order valence-electron chi connectivity index (χ2n) is 3.79. The highest BCUT2D eigenvalue weighted by molar-refractivity contribution is 5.34. The quantitative estimate of drug-likeness (QED) is 0.553. The summed E-state index contributed by atoms with van der Waals surface area (Å²) in [7, 11) is 0. The van der Waals surface area contributed by atoms with Gasteiger partial charge in [0.1, 0.15) is 0 Å². The van der Waals surface area contributed by atoms with Crippen molar-refractivity contribution < 1.29 is 9.13 Å². The first-order valence-electron chi connectivity index (χ1n) is 6.01. The molecule has 17 heavy (non-hydrogen) atoms. The molecule has 0 spiro atoms. The van der Waals surface area contributed by atoms with Crippen molar-refractivity contribution in [2.45, 2.75) is 26.3 Å². The average molecular weight is 237 g/mol. The molecule has 0 saturated carbocycles. The Morgan fingerprint density at radius 2 is 2.29 bits per heavy atom. The van der Waals surface area contributed by atoms with Crippen LogP contribution in [0.15, 0.2) is 30.9 Å². The first-order valence-corrected chi connectivity index (χ1v) is 6.01. The van der Waals surface area contributed by atoms with E-state index < -0.39 is 0 Å². The number of allylic oxidation sites excluding steroid dienone is 1. The minimum atomic E-state index is -0.293. The van der Waals surface area contributed by atoms with Crippen LogP contribution in [0.25, 0.3) is 0 Å². The van der Waals surface area contributed by atoms with Crippen LogP contribution in [-0.2, 0) is 6.54 Å². The SMILES string of the molecule is C=CCCCOc1c(F)cccc1CNCC. The van der Waals surface area contributed by atoms with E-state index in [9.17, 15) is 4.39 Å². The van der Waals surface area contributed by atoms with Gasteiger partial charge in [0.25, 0.3) is 0 Å². The molecule has 0 aliphatic rings. The Labute approximate surface area is 102 Å². The minimum Gasteiger partial charge on any atom is -0.490 e. The number of hydrogen-bond donors (Lipinski definition) is 1. The molecule has 0 aromatic heterocycles. The van der Waals surface area contributed by atoms with Gasteiger partial charge in [-0.1, -0.05) is 25.1 Å². The number of rotatable bonds is 8. The Morgan fingerprint density at radius 3 is 3.00 bits per heavy atom. The fourth-order valence-electron chi connectivity index (χ4n) is 1.52. The molecule has 3 heteroatoms. The second kappa shape index (κ2) is 7.85. The molecule has 1 N–H and O–H groups in total. The predicted octanol–water partition coefficient (Wildman–Crippen LogP) is 3.28. The van der Waals surface area contributed by atoms with Gasteiger partial charge in [0.15, 0.2) is 11.6 Å². The maximum absolute atomic E-state index is 13.6. The van der Waals surface area contributed by atoms with Crippen LogP contribution >= 0.6 is 0 Å². The molecule has 2 nitrogen and oxygen atoms in total. The molecular formula is C14H20FNO. The van der Waals surface area contributed by atoms with Gasteiger partial charge in [-0.05, 0) is 25.5 Å². The number of unbranched alkanes of at least 4 members (excludes halogenated alkanes) is 1. The molecule has 0 heterocycles. The third-order valence-corrected chi connectivity index (χ3v) is 2.41. The molecular weight excluding hydrogens is 217 g/mol. The van der Waals surface area contributed by atoms with Crippen molar-refractivity contribution in [3.05, 3.63) is 42.2 Å². The van der Waals surface area contributed by atoms with Crippen molar-refractivity contribution in [3.8, 4) is 5.75 Å². The zero-order valence-electron chi connectivity index (χ0n) is 10.3. The van der Waals surface area contributed by atoms with Crippen molar-refractivity contribution in [1.29, 1.82) is 0 Å². The van der Waals surface area contributed by atoms with E-state index in [-0.39, 0.29) is 5.82 Å². The smallest absolute Gasteiger partial charge is 0.165 e. The van der Waals surface area contributed by atoms with Gasteiger partial charge in [-0.2, -0.15) is 0 Å². The lowest BCUT2D eigenvalue weighted by Gasteiger charge is -2.12. The van der Waals surface area contributed by atoms with Gasteiger partial charge in [0, 0.05) is 12.1 Å². The first-order chi connectivity index (χ1) is 8.29. The van der Waals surface area contributed by atoms with Gasteiger partial charge in [0.05, 0.1) is 6.61 Å². The molecule has 94 valence electrons. The van der Waals surface area contributed by atoms with Crippen LogP contribution in [0.5, 0.6) is 5.75 Å². The highest BCUT2D eigenvalue weighted by Crippen LogP contribution is 2.22. The zero-order chi connectivity index (χ0) is 12.5. The molecule has 0 bridgehead atoms. The monoisotopic (exact) mass is 237 g/mol. The number of nitrogens with one attached hydrogen (secondary N) is 1. The maximum atomic E-state index is 13.6. The highest BCUT2D eigenvalue weighted by atomic mass is 19.1. The lowest BCUT2D eigenvalue weighted by molar-refractivity contribution is 0.292. The molecule has 0 amide bonds. The van der Waals surface area contributed by atoms with E-state index >= 15 is 0 Å². The average Bonchev–Trinajstić information content (AvgIpc) is 2.34. The number of benzene rings is 1. The van der Waals surface area contributed by atoms with Gasteiger partial charge in [0.2, 0.25) is 0 Å². The fourth-order valence-corrected chi connectivity index (χ4v) is 1.52. The van der Waals surface area contributed by atoms with Crippen molar-refractivity contribution in [1.82, 2.24) is 5.32 Å². The molecule has 1 aromatic carbocycles. The molecule has 0 aliphatic carbocycles.